The molecule has 3 N–H and O–H groups in total. The van der Waals surface area contributed by atoms with Gasteiger partial charge in [0.1, 0.15) is 11.1 Å². The molecule has 0 aliphatic heterocycles. The fourth-order valence-corrected chi connectivity index (χ4v) is 6.36. The zero-order chi connectivity index (χ0) is 29.6. The van der Waals surface area contributed by atoms with Gasteiger partial charge in [-0.15, -0.1) is 0 Å². The highest BCUT2D eigenvalue weighted by molar-refractivity contribution is 6.06. The summed E-state index contributed by atoms with van der Waals surface area (Å²) in [6.07, 6.45) is 9.40. The molecule has 5 aromatic rings. The van der Waals surface area contributed by atoms with E-state index >= 15 is 0 Å². The molecule has 0 bridgehead atoms. The predicted molar refractivity (Wildman–Crippen MR) is 161 cm³/mol. The largest absolute Gasteiger partial charge is 0.475 e. The van der Waals surface area contributed by atoms with Gasteiger partial charge in [-0.05, 0) is 74.6 Å². The molecule has 0 spiro atoms. The van der Waals surface area contributed by atoms with Crippen LogP contribution in [0.1, 0.15) is 83.9 Å². The summed E-state index contributed by atoms with van der Waals surface area (Å²) in [6.45, 7) is 0. The second-order valence-corrected chi connectivity index (χ2v) is 11.6. The third kappa shape index (κ3) is 4.92. The minimum absolute atomic E-state index is 0.172. The Labute approximate surface area is 247 Å². The number of carbonyl (C=O) groups excluding carboxylic acids is 2. The number of hydrogen-bond acceptors (Lipinski definition) is 6. The van der Waals surface area contributed by atoms with Gasteiger partial charge < -0.3 is 20.2 Å². The van der Waals surface area contributed by atoms with Crippen LogP contribution >= 0.6 is 0 Å². The Kier molecular flexibility index (Phi) is 6.68. The molecule has 0 radical (unpaired) electrons. The lowest BCUT2D eigenvalue weighted by Gasteiger charge is -2.40. The first-order chi connectivity index (χ1) is 20.9. The number of rotatable bonds is 7. The first-order valence-corrected chi connectivity index (χ1v) is 14.8. The number of carbonyl (C=O) groups is 3. The van der Waals surface area contributed by atoms with Gasteiger partial charge in [0.25, 0.3) is 5.91 Å². The molecule has 218 valence electrons. The van der Waals surface area contributed by atoms with Crippen LogP contribution < -0.4 is 10.6 Å². The van der Waals surface area contributed by atoms with Gasteiger partial charge in [-0.25, -0.2) is 14.5 Å². The highest BCUT2D eigenvalue weighted by Crippen LogP contribution is 2.38. The molecule has 10 nitrogen and oxygen atoms in total. The molecule has 10 heteroatoms. The molecule has 2 aliphatic rings. The number of aromatic carboxylic acids is 1. The Bertz CT molecular complexity index is 1870. The number of furan rings is 1. The minimum Gasteiger partial charge on any atom is -0.475 e. The minimum atomic E-state index is -1.16. The summed E-state index contributed by atoms with van der Waals surface area (Å²) in [5.41, 5.74) is 2.06. The van der Waals surface area contributed by atoms with E-state index in [0.29, 0.717) is 41.0 Å². The summed E-state index contributed by atoms with van der Waals surface area (Å²) in [4.78, 5) is 42.8. The molecule has 7 rings (SSSR count). The summed E-state index contributed by atoms with van der Waals surface area (Å²) in [5.74, 6) is -0.869. The van der Waals surface area contributed by atoms with E-state index in [4.69, 9.17) is 9.52 Å². The number of hydrogen-bond donors (Lipinski definition) is 3. The molecule has 43 heavy (non-hydrogen) atoms. The van der Waals surface area contributed by atoms with E-state index in [1.165, 1.54) is 25.3 Å². The van der Waals surface area contributed by atoms with E-state index < -0.39 is 11.5 Å². The van der Waals surface area contributed by atoms with E-state index in [0.717, 1.165) is 41.7 Å². The molecule has 2 aromatic carbocycles. The number of amides is 2. The standard InChI is InChI=1S/C33H31N5O5/c39-30(36-33(14-6-15-33)32(42)35-23-12-10-21-18-27(31(40)41)43-26(21)19-23)22-11-13-24-25(17-22)37-38(28-9-4-5-16-34-28)29(24)20-7-2-1-3-8-20/h4-5,9-13,16-20H,1-3,6-8,14-15H2,(H,35,42)(H,36,39)(H,40,41). The lowest BCUT2D eigenvalue weighted by atomic mass is 9.75. The van der Waals surface area contributed by atoms with Gasteiger partial charge in [0.05, 0.1) is 11.2 Å². The summed E-state index contributed by atoms with van der Waals surface area (Å²) in [6, 6.07) is 17.7. The van der Waals surface area contributed by atoms with Crippen LogP contribution in [-0.4, -0.2) is 43.2 Å². The fraction of sp³-hybridized carbons (Fsp3) is 0.303. The van der Waals surface area contributed by atoms with Crippen LogP contribution in [0.15, 0.2) is 71.3 Å². The number of anilines is 1. The van der Waals surface area contributed by atoms with Gasteiger partial charge in [-0.2, -0.15) is 5.10 Å². The van der Waals surface area contributed by atoms with Gasteiger partial charge in [0.15, 0.2) is 5.82 Å². The normalized spacial score (nSPS) is 16.6. The second kappa shape index (κ2) is 10.7. The Morgan fingerprint density at radius 1 is 0.953 bits per heavy atom. The lowest BCUT2D eigenvalue weighted by Crippen LogP contribution is -2.61. The van der Waals surface area contributed by atoms with Crippen molar-refractivity contribution in [3.05, 3.63) is 83.9 Å². The van der Waals surface area contributed by atoms with Crippen molar-refractivity contribution in [2.24, 2.45) is 0 Å². The topological polar surface area (TPSA) is 139 Å². The van der Waals surface area contributed by atoms with Gasteiger partial charge in [-0.3, -0.25) is 9.59 Å². The lowest BCUT2D eigenvalue weighted by molar-refractivity contribution is -0.125. The van der Waals surface area contributed by atoms with Crippen molar-refractivity contribution in [1.29, 1.82) is 0 Å². The van der Waals surface area contributed by atoms with Crippen molar-refractivity contribution in [2.45, 2.75) is 62.8 Å². The molecule has 2 saturated carbocycles. The molecular weight excluding hydrogens is 546 g/mol. The van der Waals surface area contributed by atoms with Gasteiger partial charge in [-0.1, -0.05) is 31.4 Å². The van der Waals surface area contributed by atoms with Gasteiger partial charge in [0, 0.05) is 40.2 Å². The first kappa shape index (κ1) is 26.9. The zero-order valence-corrected chi connectivity index (χ0v) is 23.5. The molecule has 0 saturated heterocycles. The monoisotopic (exact) mass is 577 g/mol. The quantitative estimate of drug-likeness (QED) is 0.209. The Morgan fingerprint density at radius 2 is 1.79 bits per heavy atom. The smallest absolute Gasteiger partial charge is 0.371 e. The number of nitrogens with one attached hydrogen (secondary N) is 2. The number of carboxylic acids is 1. The van der Waals surface area contributed by atoms with Crippen LogP contribution in [0.5, 0.6) is 0 Å². The van der Waals surface area contributed by atoms with Crippen LogP contribution in [0.3, 0.4) is 0 Å². The molecule has 2 amide bonds. The Hall–Kier alpha value is -4.99. The molecule has 3 heterocycles. The number of aromatic nitrogens is 3. The van der Waals surface area contributed by atoms with Crippen molar-refractivity contribution in [3.63, 3.8) is 0 Å². The molecule has 3 aromatic heterocycles. The molecular formula is C33H31N5O5. The Morgan fingerprint density at radius 3 is 2.51 bits per heavy atom. The van der Waals surface area contributed by atoms with Crippen LogP contribution in [0.4, 0.5) is 5.69 Å². The maximum atomic E-state index is 13.5. The summed E-state index contributed by atoms with van der Waals surface area (Å²) >= 11 is 0. The van der Waals surface area contributed by atoms with Crippen LogP contribution in [0.25, 0.3) is 27.7 Å². The van der Waals surface area contributed by atoms with E-state index in [9.17, 15) is 19.5 Å². The van der Waals surface area contributed by atoms with Crippen LogP contribution in [-0.2, 0) is 4.79 Å². The highest BCUT2D eigenvalue weighted by Gasteiger charge is 2.45. The number of nitrogens with zero attached hydrogens (tertiary/aromatic N) is 3. The van der Waals surface area contributed by atoms with Crippen molar-refractivity contribution in [2.75, 3.05) is 5.32 Å². The zero-order valence-electron chi connectivity index (χ0n) is 23.5. The third-order valence-corrected chi connectivity index (χ3v) is 8.81. The van der Waals surface area contributed by atoms with Crippen LogP contribution in [0, 0.1) is 0 Å². The summed E-state index contributed by atoms with van der Waals surface area (Å²) in [7, 11) is 0. The van der Waals surface area contributed by atoms with Gasteiger partial charge >= 0.3 is 5.97 Å². The maximum absolute atomic E-state index is 13.5. The second-order valence-electron chi connectivity index (χ2n) is 11.6. The average Bonchev–Trinajstić information content (AvgIpc) is 3.61. The van der Waals surface area contributed by atoms with Crippen molar-refractivity contribution in [3.8, 4) is 5.82 Å². The molecule has 0 unspecified atom stereocenters. The van der Waals surface area contributed by atoms with E-state index in [-0.39, 0.29) is 17.6 Å². The summed E-state index contributed by atoms with van der Waals surface area (Å²) in [5, 5.41) is 21.6. The van der Waals surface area contributed by atoms with E-state index in [1.807, 2.05) is 35.0 Å². The van der Waals surface area contributed by atoms with Gasteiger partial charge in [0.2, 0.25) is 11.7 Å². The van der Waals surface area contributed by atoms with Crippen LogP contribution in [0.2, 0.25) is 0 Å². The predicted octanol–water partition coefficient (Wildman–Crippen LogP) is 6.20. The van der Waals surface area contributed by atoms with E-state index in [1.54, 1.807) is 30.5 Å². The number of carboxylic acid groups (broad SMARTS) is 1. The molecule has 2 fully saturated rings. The average molecular weight is 578 g/mol. The first-order valence-electron chi connectivity index (χ1n) is 14.8. The van der Waals surface area contributed by atoms with E-state index in [2.05, 4.69) is 15.6 Å². The summed E-state index contributed by atoms with van der Waals surface area (Å²) < 4.78 is 7.31. The fourth-order valence-electron chi connectivity index (χ4n) is 6.36. The molecule has 0 atom stereocenters. The van der Waals surface area contributed by atoms with Crippen molar-refractivity contribution < 1.29 is 23.9 Å². The van der Waals surface area contributed by atoms with Crippen molar-refractivity contribution in [1.82, 2.24) is 20.1 Å². The highest BCUT2D eigenvalue weighted by atomic mass is 16.4. The maximum Gasteiger partial charge on any atom is 0.371 e. The Balaban J connectivity index is 1.14. The molecule has 2 aliphatic carbocycles. The number of fused-ring (bicyclic) bond motifs is 2. The number of pyridine rings is 1. The van der Waals surface area contributed by atoms with Crippen molar-refractivity contribution >= 4 is 45.3 Å². The SMILES string of the molecule is O=C(NC1(C(=O)Nc2ccc3cc(C(=O)O)oc3c2)CCC1)c1ccc2c(C3CCCCC3)n(-c3ccccn3)nc2c1. The number of benzene rings is 2. The third-order valence-electron chi connectivity index (χ3n) is 8.81.